The minimum atomic E-state index is 0. The molecule has 1 aliphatic rings. The summed E-state index contributed by atoms with van der Waals surface area (Å²) < 4.78 is 0. The zero-order valence-corrected chi connectivity index (χ0v) is 13.7. The summed E-state index contributed by atoms with van der Waals surface area (Å²) in [7, 11) is 0. The molecule has 1 atom stereocenters. The first kappa shape index (κ1) is 16.3. The minimum Gasteiger partial charge on any atom is -1.00 e. The maximum absolute atomic E-state index is 12.3. The van der Waals surface area contributed by atoms with Crippen molar-refractivity contribution in [3.05, 3.63) is 84.2 Å². The first-order chi connectivity index (χ1) is 10.3. The summed E-state index contributed by atoms with van der Waals surface area (Å²) in [5, 5.41) is 0. The van der Waals surface area contributed by atoms with Gasteiger partial charge in [-0.2, -0.15) is 0 Å². The molecule has 2 aromatic rings. The van der Waals surface area contributed by atoms with Crippen LogP contribution in [0.4, 0.5) is 0 Å². The fourth-order valence-electron chi connectivity index (χ4n) is 2.41. The lowest BCUT2D eigenvalue weighted by Crippen LogP contribution is -3.08. The molecule has 3 rings (SSSR count). The Morgan fingerprint density at radius 1 is 0.955 bits per heavy atom. The van der Waals surface area contributed by atoms with Gasteiger partial charge in [0.05, 0.1) is 6.20 Å². The molecule has 4 heteroatoms. The molecule has 1 unspecified atom stereocenters. The average Bonchev–Trinajstić information content (AvgIpc) is 2.96. The van der Waals surface area contributed by atoms with Gasteiger partial charge in [0.1, 0.15) is 19.2 Å². The first-order valence-corrected chi connectivity index (χ1v) is 7.04. The van der Waals surface area contributed by atoms with Crippen LogP contribution >= 0.6 is 0 Å². The summed E-state index contributed by atoms with van der Waals surface area (Å²) in [4.78, 5) is 17.8. The Morgan fingerprint density at radius 2 is 1.59 bits per heavy atom. The third-order valence-electron chi connectivity index (χ3n) is 3.54. The molecule has 1 aliphatic heterocycles. The SMILES string of the molecule is O=C(CC1=NC=C[NH+]1Cc1ccccc1)c1ccccc1.[Br-]. The van der Waals surface area contributed by atoms with Crippen LogP contribution < -0.4 is 21.9 Å². The number of nitrogens with zero attached hydrogens (tertiary/aromatic N) is 1. The Hall–Kier alpha value is -2.04. The number of benzene rings is 2. The van der Waals surface area contributed by atoms with Crippen LogP contribution in [0, 0.1) is 0 Å². The van der Waals surface area contributed by atoms with Gasteiger partial charge in [0.15, 0.2) is 5.78 Å². The van der Waals surface area contributed by atoms with Crippen LogP contribution in [-0.4, -0.2) is 11.6 Å². The largest absolute Gasteiger partial charge is 1.00 e. The highest BCUT2D eigenvalue weighted by atomic mass is 79.9. The van der Waals surface area contributed by atoms with Crippen molar-refractivity contribution in [3.8, 4) is 0 Å². The van der Waals surface area contributed by atoms with Gasteiger partial charge in [-0.05, 0) is 0 Å². The lowest BCUT2D eigenvalue weighted by molar-refractivity contribution is -0.761. The number of nitrogens with one attached hydrogen (secondary N) is 1. The molecule has 0 amide bonds. The number of ketones is 1. The van der Waals surface area contributed by atoms with E-state index in [0.717, 1.165) is 22.8 Å². The van der Waals surface area contributed by atoms with Crippen LogP contribution in [0.15, 0.2) is 78.1 Å². The smallest absolute Gasteiger partial charge is 0.214 e. The van der Waals surface area contributed by atoms with E-state index < -0.39 is 0 Å². The van der Waals surface area contributed by atoms with Crippen molar-refractivity contribution in [1.29, 1.82) is 0 Å². The second kappa shape index (κ2) is 7.82. The van der Waals surface area contributed by atoms with E-state index >= 15 is 0 Å². The third kappa shape index (κ3) is 4.00. The number of carbonyl (C=O) groups excluding carboxylic acids is 1. The molecular formula is C18H17BrN2O. The third-order valence-corrected chi connectivity index (χ3v) is 3.54. The van der Waals surface area contributed by atoms with Gasteiger partial charge in [-0.25, -0.2) is 4.99 Å². The molecule has 0 aromatic heterocycles. The van der Waals surface area contributed by atoms with Crippen molar-refractivity contribution in [2.75, 3.05) is 0 Å². The van der Waals surface area contributed by atoms with Crippen molar-refractivity contribution in [1.82, 2.24) is 0 Å². The van der Waals surface area contributed by atoms with Crippen LogP contribution in [-0.2, 0) is 6.54 Å². The predicted octanol–water partition coefficient (Wildman–Crippen LogP) is -0.768. The topological polar surface area (TPSA) is 33.9 Å². The van der Waals surface area contributed by atoms with E-state index in [-0.39, 0.29) is 22.8 Å². The highest BCUT2D eigenvalue weighted by molar-refractivity contribution is 6.07. The average molecular weight is 357 g/mol. The lowest BCUT2D eigenvalue weighted by atomic mass is 10.1. The van der Waals surface area contributed by atoms with Gasteiger partial charge in [0.25, 0.3) is 0 Å². The van der Waals surface area contributed by atoms with Gasteiger partial charge < -0.3 is 17.0 Å². The summed E-state index contributed by atoms with van der Waals surface area (Å²) in [5.41, 5.74) is 1.98. The molecule has 0 saturated heterocycles. The Morgan fingerprint density at radius 3 is 2.27 bits per heavy atom. The van der Waals surface area contributed by atoms with E-state index in [4.69, 9.17) is 0 Å². The molecule has 1 N–H and O–H groups in total. The fraction of sp³-hybridized carbons (Fsp3) is 0.111. The molecule has 3 nitrogen and oxygen atoms in total. The Labute approximate surface area is 140 Å². The van der Waals surface area contributed by atoms with Gasteiger partial charge in [-0.15, -0.1) is 0 Å². The van der Waals surface area contributed by atoms with Gasteiger partial charge in [0, 0.05) is 11.1 Å². The molecule has 0 radical (unpaired) electrons. The van der Waals surface area contributed by atoms with Gasteiger partial charge in [-0.1, -0.05) is 60.7 Å². The Bertz CT molecular complexity index is 681. The summed E-state index contributed by atoms with van der Waals surface area (Å²) >= 11 is 0. The first-order valence-electron chi connectivity index (χ1n) is 7.04. The summed E-state index contributed by atoms with van der Waals surface area (Å²) in [5.74, 6) is 0.997. The monoisotopic (exact) mass is 356 g/mol. The van der Waals surface area contributed by atoms with Crippen molar-refractivity contribution >= 4 is 11.6 Å². The summed E-state index contributed by atoms with van der Waals surface area (Å²) in [6.45, 7) is 0.818. The summed E-state index contributed by atoms with van der Waals surface area (Å²) in [6.07, 6.45) is 4.14. The van der Waals surface area contributed by atoms with Crippen molar-refractivity contribution in [3.63, 3.8) is 0 Å². The number of hydrogen-bond acceptors (Lipinski definition) is 2. The zero-order valence-electron chi connectivity index (χ0n) is 12.1. The number of amidine groups is 1. The van der Waals surface area contributed by atoms with Crippen LogP contribution in [0.5, 0.6) is 0 Å². The fourth-order valence-corrected chi connectivity index (χ4v) is 2.41. The number of halogens is 1. The van der Waals surface area contributed by atoms with E-state index in [1.807, 2.05) is 54.7 Å². The highest BCUT2D eigenvalue weighted by Crippen LogP contribution is 2.04. The quantitative estimate of drug-likeness (QED) is 0.701. The van der Waals surface area contributed by atoms with Gasteiger partial charge >= 0.3 is 0 Å². The predicted molar refractivity (Wildman–Crippen MR) is 83.1 cm³/mol. The maximum atomic E-state index is 12.3. The molecule has 2 aromatic carbocycles. The van der Waals surface area contributed by atoms with Crippen LogP contribution in [0.3, 0.4) is 0 Å². The van der Waals surface area contributed by atoms with Crippen LogP contribution in [0.1, 0.15) is 22.3 Å². The number of rotatable bonds is 5. The van der Waals surface area contributed by atoms with Crippen molar-refractivity contribution in [2.45, 2.75) is 13.0 Å². The second-order valence-electron chi connectivity index (χ2n) is 5.05. The number of quaternary nitrogens is 1. The lowest BCUT2D eigenvalue weighted by Gasteiger charge is -2.12. The normalized spacial score (nSPS) is 16.0. The highest BCUT2D eigenvalue weighted by Gasteiger charge is 2.22. The molecule has 22 heavy (non-hydrogen) atoms. The minimum absolute atomic E-state index is 0. The molecular weight excluding hydrogens is 340 g/mol. The number of carbonyl (C=O) groups is 1. The van der Waals surface area contributed by atoms with E-state index in [9.17, 15) is 4.79 Å². The van der Waals surface area contributed by atoms with E-state index in [0.29, 0.717) is 6.42 Å². The van der Waals surface area contributed by atoms with Crippen molar-refractivity contribution < 1.29 is 26.7 Å². The maximum Gasteiger partial charge on any atom is 0.214 e. The van der Waals surface area contributed by atoms with Gasteiger partial charge in [0.2, 0.25) is 5.84 Å². The second-order valence-corrected chi connectivity index (χ2v) is 5.05. The number of Topliss-reactive ketones (excluding diaryl/α,β-unsaturated/α-hetero) is 1. The van der Waals surface area contributed by atoms with E-state index in [2.05, 4.69) is 17.1 Å². The number of hydrogen-bond donors (Lipinski definition) is 1. The molecule has 0 spiro atoms. The summed E-state index contributed by atoms with van der Waals surface area (Å²) in [6, 6.07) is 19.6. The number of aliphatic imine (C=N–C) groups is 1. The molecule has 112 valence electrons. The Kier molecular flexibility index (Phi) is 5.81. The van der Waals surface area contributed by atoms with E-state index in [1.165, 1.54) is 5.56 Å². The molecule has 0 saturated carbocycles. The molecule has 0 fully saturated rings. The van der Waals surface area contributed by atoms with Gasteiger partial charge in [-0.3, -0.25) is 9.69 Å². The zero-order chi connectivity index (χ0) is 14.5. The molecule has 1 heterocycles. The standard InChI is InChI=1S/C18H16N2O.BrH/c21-17(16-9-5-2-6-10-16)13-18-19-11-12-20(18)14-15-7-3-1-4-8-15;/h1-12H,13-14H2;1H. The van der Waals surface area contributed by atoms with Crippen LogP contribution in [0.25, 0.3) is 0 Å². The van der Waals surface area contributed by atoms with E-state index in [1.54, 1.807) is 6.20 Å². The van der Waals surface area contributed by atoms with Crippen LogP contribution in [0.2, 0.25) is 0 Å². The molecule has 0 aliphatic carbocycles. The van der Waals surface area contributed by atoms with Crippen molar-refractivity contribution in [2.24, 2.45) is 4.99 Å². The Balaban J connectivity index is 0.00000176. The molecule has 0 bridgehead atoms.